The topological polar surface area (TPSA) is 156 Å². The third kappa shape index (κ3) is 21.1. The Morgan fingerprint density at radius 1 is 0.884 bits per heavy atom. The average Bonchev–Trinajstić information content (AvgIpc) is 3.02. The monoisotopic (exact) mass is 656 g/mol. The fourth-order valence-corrected chi connectivity index (χ4v) is 5.32. The van der Waals surface area contributed by atoms with E-state index in [0.29, 0.717) is 6.42 Å². The van der Waals surface area contributed by atoms with Crippen molar-refractivity contribution in [1.29, 1.82) is 0 Å². The Morgan fingerprint density at radius 3 is 1.88 bits per heavy atom. The number of carbonyl (C=O) groups is 3. The van der Waals surface area contributed by atoms with Gasteiger partial charge < -0.3 is 23.9 Å². The molecule has 0 spiro atoms. The molecule has 1 N–H and O–H groups in total. The van der Waals surface area contributed by atoms with Gasteiger partial charge in [0, 0.05) is 6.42 Å². The van der Waals surface area contributed by atoms with E-state index < -0.39 is 71.5 Å². The van der Waals surface area contributed by atoms with E-state index >= 15 is 0 Å². The van der Waals surface area contributed by atoms with E-state index in [2.05, 4.69) is 19.1 Å². The molecule has 244 valence electrons. The van der Waals surface area contributed by atoms with Crippen molar-refractivity contribution in [2.75, 3.05) is 26.4 Å². The maximum Gasteiger partial charge on any atom is 1.00 e. The van der Waals surface area contributed by atoms with Crippen LogP contribution < -0.4 is 51.4 Å². The molecule has 1 saturated heterocycles. The molecule has 1 aliphatic rings. The number of allylic oxidation sites excluding steroid dienone is 2. The number of hydrogen-bond donors (Lipinski definition) is 1. The molecule has 0 aliphatic carbocycles. The normalized spacial score (nSPS) is 19.6. The van der Waals surface area contributed by atoms with Crippen molar-refractivity contribution in [2.24, 2.45) is 5.41 Å². The van der Waals surface area contributed by atoms with Crippen LogP contribution in [0.3, 0.4) is 0 Å². The van der Waals surface area contributed by atoms with Gasteiger partial charge in [0.05, 0.1) is 18.4 Å². The Morgan fingerprint density at radius 2 is 1.37 bits per heavy atom. The molecular formula is C31H53KO10S. The third-order valence-electron chi connectivity index (χ3n) is 7.54. The summed E-state index contributed by atoms with van der Waals surface area (Å²) in [5, 5.41) is 7.62. The number of esters is 3. The Hall–Kier alpha value is -0.344. The summed E-state index contributed by atoms with van der Waals surface area (Å²) in [6.45, 7) is 0.143. The zero-order valence-electron chi connectivity index (χ0n) is 26.5. The summed E-state index contributed by atoms with van der Waals surface area (Å²) < 4.78 is 48.9. The SMILES string of the molecule is CCCCCCCC/C=C/CCCCCCCCCCCC(=O)OCC1(CO)COC(=O)CC(S(=O)(=O)[O-])C(=O)OC1.[K+]. The Labute approximate surface area is 301 Å². The van der Waals surface area contributed by atoms with Gasteiger partial charge in [-0.05, 0) is 32.1 Å². The van der Waals surface area contributed by atoms with E-state index in [0.717, 1.165) is 19.3 Å². The first kappa shape index (κ1) is 42.7. The van der Waals surface area contributed by atoms with Gasteiger partial charge in [0.15, 0.2) is 5.25 Å². The minimum atomic E-state index is -5.14. The molecule has 0 bridgehead atoms. The minimum absolute atomic E-state index is 0. The van der Waals surface area contributed by atoms with Crippen molar-refractivity contribution < 1.29 is 98.1 Å². The van der Waals surface area contributed by atoms with Gasteiger partial charge in [-0.25, -0.2) is 8.42 Å². The number of carbonyl (C=O) groups excluding carboxylic acids is 3. The molecule has 2 atom stereocenters. The maximum atomic E-state index is 12.2. The number of cyclic esters (lactones) is 2. The quantitative estimate of drug-likeness (QED) is 0.0433. The van der Waals surface area contributed by atoms with E-state index in [4.69, 9.17) is 14.2 Å². The first-order valence-electron chi connectivity index (χ1n) is 15.8. The molecule has 1 aliphatic heterocycles. The van der Waals surface area contributed by atoms with Gasteiger partial charge >= 0.3 is 69.3 Å². The Kier molecular flexibility index (Phi) is 25.6. The van der Waals surface area contributed by atoms with E-state index in [1.807, 2.05) is 0 Å². The fraction of sp³-hybridized carbons (Fsp3) is 0.839. The summed E-state index contributed by atoms with van der Waals surface area (Å²) in [5.74, 6) is -3.01. The number of rotatable bonds is 23. The van der Waals surface area contributed by atoms with Gasteiger partial charge in [-0.1, -0.05) is 96.1 Å². The van der Waals surface area contributed by atoms with Crippen molar-refractivity contribution in [3.8, 4) is 0 Å². The van der Waals surface area contributed by atoms with Crippen molar-refractivity contribution in [3.63, 3.8) is 0 Å². The van der Waals surface area contributed by atoms with E-state index in [9.17, 15) is 32.5 Å². The van der Waals surface area contributed by atoms with Crippen molar-refractivity contribution >= 4 is 28.0 Å². The van der Waals surface area contributed by atoms with Gasteiger partial charge in [0.1, 0.15) is 29.9 Å². The molecule has 43 heavy (non-hydrogen) atoms. The minimum Gasteiger partial charge on any atom is -0.747 e. The number of aliphatic hydroxyl groups excluding tert-OH is 1. The van der Waals surface area contributed by atoms with Crippen molar-refractivity contribution in [2.45, 2.75) is 134 Å². The Balaban J connectivity index is 0.0000176. The summed E-state index contributed by atoms with van der Waals surface area (Å²) in [5.41, 5.74) is -1.45. The predicted molar refractivity (Wildman–Crippen MR) is 158 cm³/mol. The van der Waals surface area contributed by atoms with Crippen LogP contribution in [-0.2, 0) is 38.7 Å². The first-order chi connectivity index (χ1) is 20.1. The largest absolute Gasteiger partial charge is 1.00 e. The van der Waals surface area contributed by atoms with Crippen LogP contribution in [0.2, 0.25) is 0 Å². The molecular weight excluding hydrogens is 603 g/mol. The molecule has 2 unspecified atom stereocenters. The molecule has 0 saturated carbocycles. The van der Waals surface area contributed by atoms with Gasteiger partial charge in [0.25, 0.3) is 0 Å². The van der Waals surface area contributed by atoms with E-state index in [1.54, 1.807) is 0 Å². The number of unbranched alkanes of at least 4 members (excludes halogenated alkanes) is 15. The van der Waals surface area contributed by atoms with Crippen LogP contribution in [0.15, 0.2) is 12.2 Å². The molecule has 0 radical (unpaired) electrons. The zero-order chi connectivity index (χ0) is 31.1. The van der Waals surface area contributed by atoms with Crippen molar-refractivity contribution in [3.05, 3.63) is 12.2 Å². The zero-order valence-corrected chi connectivity index (χ0v) is 30.5. The maximum absolute atomic E-state index is 12.2. The van der Waals surface area contributed by atoms with Gasteiger partial charge in [-0.2, -0.15) is 0 Å². The van der Waals surface area contributed by atoms with Gasteiger partial charge in [0.2, 0.25) is 0 Å². The van der Waals surface area contributed by atoms with Crippen LogP contribution in [0, 0.1) is 5.41 Å². The molecule has 0 aromatic heterocycles. The second-order valence-corrected chi connectivity index (χ2v) is 13.1. The molecule has 10 nitrogen and oxygen atoms in total. The van der Waals surface area contributed by atoms with Crippen LogP contribution in [0.25, 0.3) is 0 Å². The summed E-state index contributed by atoms with van der Waals surface area (Å²) in [7, 11) is -5.14. The molecule has 0 amide bonds. The summed E-state index contributed by atoms with van der Waals surface area (Å²) in [6.07, 6.45) is 24.2. The molecule has 1 heterocycles. The number of hydrogen-bond acceptors (Lipinski definition) is 10. The molecule has 0 aromatic rings. The van der Waals surface area contributed by atoms with Crippen molar-refractivity contribution in [1.82, 2.24) is 0 Å². The second kappa shape index (κ2) is 25.8. The summed E-state index contributed by atoms with van der Waals surface area (Å²) in [6, 6.07) is 0. The van der Waals surface area contributed by atoms with E-state index in [-0.39, 0.29) is 57.8 Å². The standard InChI is InChI=1S/C31H54O10S.K/c1-2-3-4-5-6-7-8-9-10-11-12-13-14-15-16-17-18-19-20-21-28(33)39-24-31(23-32)25-40-29(34)22-27(42(36,37)38)30(35)41-26-31;/h9-10,27,32H,2-8,11-26H2,1H3,(H,36,37,38);/q;+1/p-1/b10-9+;. The number of aliphatic hydroxyl groups is 1. The average molecular weight is 657 g/mol. The first-order valence-corrected chi connectivity index (χ1v) is 17.3. The predicted octanol–water partition coefficient (Wildman–Crippen LogP) is 2.51. The summed E-state index contributed by atoms with van der Waals surface area (Å²) in [4.78, 5) is 36.2. The van der Waals surface area contributed by atoms with Crippen LogP contribution in [0.5, 0.6) is 0 Å². The van der Waals surface area contributed by atoms with Crippen LogP contribution >= 0.6 is 0 Å². The molecule has 1 rings (SSSR count). The molecule has 12 heteroatoms. The second-order valence-electron chi connectivity index (χ2n) is 11.5. The Bertz CT molecular complexity index is 908. The van der Waals surface area contributed by atoms with E-state index in [1.165, 1.54) is 83.5 Å². The molecule has 1 fully saturated rings. The third-order valence-corrected chi connectivity index (χ3v) is 8.60. The summed E-state index contributed by atoms with van der Waals surface area (Å²) >= 11 is 0. The van der Waals surface area contributed by atoms with Gasteiger partial charge in [-0.3, -0.25) is 14.4 Å². The smallest absolute Gasteiger partial charge is 0.747 e. The van der Waals surface area contributed by atoms with Gasteiger partial charge in [-0.15, -0.1) is 0 Å². The fourth-order valence-electron chi connectivity index (χ4n) is 4.68. The van der Waals surface area contributed by atoms with Crippen LogP contribution in [-0.4, -0.2) is 67.7 Å². The van der Waals surface area contributed by atoms with Crippen LogP contribution in [0.4, 0.5) is 0 Å². The molecule has 0 aromatic carbocycles. The number of ether oxygens (including phenoxy) is 3. The van der Waals surface area contributed by atoms with Crippen LogP contribution in [0.1, 0.15) is 129 Å².